The van der Waals surface area contributed by atoms with Crippen LogP contribution < -0.4 is 0 Å². The Morgan fingerprint density at radius 3 is 2.79 bits per heavy atom. The number of nitrogens with zero attached hydrogens (tertiary/aromatic N) is 1. The van der Waals surface area contributed by atoms with Crippen LogP contribution in [0, 0.1) is 12.8 Å². The molecule has 2 unspecified atom stereocenters. The molecule has 1 aliphatic carbocycles. The van der Waals surface area contributed by atoms with E-state index in [2.05, 4.69) is 54.9 Å². The molecule has 1 saturated heterocycles. The van der Waals surface area contributed by atoms with Gasteiger partial charge in [0.2, 0.25) is 0 Å². The second-order valence-electron chi connectivity index (χ2n) is 6.75. The van der Waals surface area contributed by atoms with Gasteiger partial charge in [-0.25, -0.2) is 0 Å². The number of rotatable bonds is 2. The predicted octanol–water partition coefficient (Wildman–Crippen LogP) is 3.46. The summed E-state index contributed by atoms with van der Waals surface area (Å²) < 4.78 is 0. The number of nitrogens with one attached hydrogen (secondary N) is 1. The monoisotopic (exact) mass is 254 g/mol. The summed E-state index contributed by atoms with van der Waals surface area (Å²) in [6.45, 7) is 9.44. The van der Waals surface area contributed by atoms with Gasteiger partial charge < -0.3 is 4.98 Å². The van der Waals surface area contributed by atoms with Crippen molar-refractivity contribution in [1.82, 2.24) is 9.88 Å². The van der Waals surface area contributed by atoms with Crippen LogP contribution in [0.1, 0.15) is 31.5 Å². The maximum absolute atomic E-state index is 3.72. The number of hydrogen-bond acceptors (Lipinski definition) is 1. The van der Waals surface area contributed by atoms with Gasteiger partial charge in [0.1, 0.15) is 0 Å². The summed E-state index contributed by atoms with van der Waals surface area (Å²) in [6, 6.07) is 9.39. The van der Waals surface area contributed by atoms with Gasteiger partial charge in [0, 0.05) is 41.1 Å². The Balaban J connectivity index is 1.78. The summed E-state index contributed by atoms with van der Waals surface area (Å²) in [4.78, 5) is 6.36. The van der Waals surface area contributed by atoms with Crippen molar-refractivity contribution in [3.8, 4) is 0 Å². The smallest absolute Gasteiger partial charge is 0.0459 e. The van der Waals surface area contributed by atoms with Gasteiger partial charge >= 0.3 is 0 Å². The number of para-hydroxylation sites is 1. The van der Waals surface area contributed by atoms with Crippen LogP contribution in [0.5, 0.6) is 0 Å². The molecule has 0 radical (unpaired) electrons. The lowest BCUT2D eigenvalue weighted by Crippen LogP contribution is -2.32. The standard InChI is InChI=1S/C17H22N2/c1-11(2)19-9-13-8-17(13,10-19)16-12(3)14-6-4-5-7-15(14)18-16/h4-7,11,13,18H,8-10H2,1-3H3. The largest absolute Gasteiger partial charge is 0.358 e. The Kier molecular flexibility index (Phi) is 2.21. The molecule has 1 aliphatic heterocycles. The van der Waals surface area contributed by atoms with Gasteiger partial charge in [-0.15, -0.1) is 0 Å². The quantitative estimate of drug-likeness (QED) is 0.869. The molecule has 1 aromatic carbocycles. The Bertz CT molecular complexity index is 640. The lowest BCUT2D eigenvalue weighted by Gasteiger charge is -2.24. The van der Waals surface area contributed by atoms with E-state index >= 15 is 0 Å². The average molecular weight is 254 g/mol. The van der Waals surface area contributed by atoms with Crippen molar-refractivity contribution in [1.29, 1.82) is 0 Å². The zero-order chi connectivity index (χ0) is 13.2. The molecule has 2 fully saturated rings. The SMILES string of the molecule is Cc1c(C23CC2CN(C(C)C)C3)[nH]c2ccccc12. The molecule has 1 N–H and O–H groups in total. The van der Waals surface area contributed by atoms with Crippen molar-refractivity contribution in [2.75, 3.05) is 13.1 Å². The molecular weight excluding hydrogens is 232 g/mol. The van der Waals surface area contributed by atoms with Gasteiger partial charge in [-0.05, 0) is 44.7 Å². The Labute approximate surface area is 114 Å². The molecular formula is C17H22N2. The number of fused-ring (bicyclic) bond motifs is 2. The molecule has 1 aromatic heterocycles. The molecule has 2 aromatic rings. The van der Waals surface area contributed by atoms with Crippen LogP contribution >= 0.6 is 0 Å². The Hall–Kier alpha value is -1.28. The molecule has 2 aliphatic rings. The van der Waals surface area contributed by atoms with Crippen molar-refractivity contribution in [2.24, 2.45) is 5.92 Å². The number of aromatic amines is 1. The normalized spacial score (nSPS) is 30.2. The molecule has 2 heteroatoms. The lowest BCUT2D eigenvalue weighted by atomic mass is 9.97. The maximum atomic E-state index is 3.72. The van der Waals surface area contributed by atoms with E-state index in [9.17, 15) is 0 Å². The molecule has 2 nitrogen and oxygen atoms in total. The third-order valence-electron chi connectivity index (χ3n) is 5.37. The van der Waals surface area contributed by atoms with Crippen molar-refractivity contribution in [3.05, 3.63) is 35.5 Å². The minimum absolute atomic E-state index is 0.438. The summed E-state index contributed by atoms with van der Waals surface area (Å²) in [5.74, 6) is 0.877. The highest BCUT2D eigenvalue weighted by atomic mass is 15.2. The van der Waals surface area contributed by atoms with Crippen LogP contribution in [0.4, 0.5) is 0 Å². The van der Waals surface area contributed by atoms with Crippen LogP contribution in [-0.2, 0) is 5.41 Å². The van der Waals surface area contributed by atoms with Crippen LogP contribution in [-0.4, -0.2) is 29.0 Å². The zero-order valence-corrected chi connectivity index (χ0v) is 12.0. The molecule has 2 heterocycles. The fraction of sp³-hybridized carbons (Fsp3) is 0.529. The molecule has 1 saturated carbocycles. The van der Waals surface area contributed by atoms with Gasteiger partial charge in [-0.1, -0.05) is 18.2 Å². The van der Waals surface area contributed by atoms with E-state index in [-0.39, 0.29) is 0 Å². The Morgan fingerprint density at radius 1 is 1.32 bits per heavy atom. The zero-order valence-electron chi connectivity index (χ0n) is 12.0. The third-order valence-corrected chi connectivity index (χ3v) is 5.37. The first-order chi connectivity index (χ1) is 9.12. The fourth-order valence-electron chi connectivity index (χ4n) is 4.08. The summed E-state index contributed by atoms with van der Waals surface area (Å²) >= 11 is 0. The molecule has 100 valence electrons. The predicted molar refractivity (Wildman–Crippen MR) is 79.5 cm³/mol. The number of H-pyrrole nitrogens is 1. The number of aromatic nitrogens is 1. The van der Waals surface area contributed by atoms with E-state index in [0.29, 0.717) is 11.5 Å². The number of likely N-dealkylation sites (tertiary alicyclic amines) is 1. The lowest BCUT2D eigenvalue weighted by molar-refractivity contribution is 0.242. The highest BCUT2D eigenvalue weighted by Gasteiger charge is 2.62. The van der Waals surface area contributed by atoms with E-state index < -0.39 is 0 Å². The first-order valence-electron chi connectivity index (χ1n) is 7.43. The fourth-order valence-corrected chi connectivity index (χ4v) is 4.08. The molecule has 0 amide bonds. The van der Waals surface area contributed by atoms with Crippen LogP contribution in [0.3, 0.4) is 0 Å². The third kappa shape index (κ3) is 1.47. The summed E-state index contributed by atoms with van der Waals surface area (Å²) in [5.41, 5.74) is 4.73. The second-order valence-corrected chi connectivity index (χ2v) is 6.75. The number of hydrogen-bond donors (Lipinski definition) is 1. The molecule has 4 rings (SSSR count). The minimum atomic E-state index is 0.438. The van der Waals surface area contributed by atoms with Gasteiger partial charge in [0.25, 0.3) is 0 Å². The van der Waals surface area contributed by atoms with E-state index in [4.69, 9.17) is 0 Å². The van der Waals surface area contributed by atoms with Crippen LogP contribution in [0.15, 0.2) is 24.3 Å². The molecule has 19 heavy (non-hydrogen) atoms. The first-order valence-corrected chi connectivity index (χ1v) is 7.43. The van der Waals surface area contributed by atoms with Gasteiger partial charge in [-0.2, -0.15) is 0 Å². The van der Waals surface area contributed by atoms with Crippen molar-refractivity contribution < 1.29 is 0 Å². The van der Waals surface area contributed by atoms with Gasteiger partial charge in [0.15, 0.2) is 0 Å². The first kappa shape index (κ1) is 11.5. The summed E-state index contributed by atoms with van der Waals surface area (Å²) in [7, 11) is 0. The molecule has 2 atom stereocenters. The van der Waals surface area contributed by atoms with Crippen LogP contribution in [0.2, 0.25) is 0 Å². The van der Waals surface area contributed by atoms with Crippen molar-refractivity contribution in [3.63, 3.8) is 0 Å². The van der Waals surface area contributed by atoms with Crippen molar-refractivity contribution in [2.45, 2.75) is 38.6 Å². The average Bonchev–Trinajstić information content (AvgIpc) is 2.80. The van der Waals surface area contributed by atoms with Crippen molar-refractivity contribution >= 4 is 10.9 Å². The number of aryl methyl sites for hydroxylation is 1. The highest BCUT2D eigenvalue weighted by molar-refractivity contribution is 5.85. The minimum Gasteiger partial charge on any atom is -0.358 e. The molecule has 0 spiro atoms. The molecule has 0 bridgehead atoms. The van der Waals surface area contributed by atoms with E-state index in [1.807, 2.05) is 0 Å². The van der Waals surface area contributed by atoms with E-state index in [1.54, 1.807) is 0 Å². The van der Waals surface area contributed by atoms with E-state index in [0.717, 1.165) is 5.92 Å². The summed E-state index contributed by atoms with van der Waals surface area (Å²) in [6.07, 6.45) is 1.38. The number of piperidine rings is 1. The number of benzene rings is 1. The second kappa shape index (κ2) is 3.63. The van der Waals surface area contributed by atoms with Gasteiger partial charge in [0.05, 0.1) is 0 Å². The van der Waals surface area contributed by atoms with Gasteiger partial charge in [-0.3, -0.25) is 4.90 Å². The topological polar surface area (TPSA) is 19.0 Å². The van der Waals surface area contributed by atoms with Crippen LogP contribution in [0.25, 0.3) is 10.9 Å². The Morgan fingerprint density at radius 2 is 2.11 bits per heavy atom. The highest BCUT2D eigenvalue weighted by Crippen LogP contribution is 2.60. The maximum Gasteiger partial charge on any atom is 0.0459 e. The summed E-state index contributed by atoms with van der Waals surface area (Å²) in [5, 5.41) is 1.40. The van der Waals surface area contributed by atoms with E-state index in [1.165, 1.54) is 41.7 Å².